The topological polar surface area (TPSA) is 78.3 Å². The van der Waals surface area contributed by atoms with Gasteiger partial charge in [0.15, 0.2) is 0 Å². The molecule has 14 heavy (non-hydrogen) atoms. The predicted octanol–water partition coefficient (Wildman–Crippen LogP) is 0.783. The number of carbonyl (C=O) groups excluding carboxylic acids is 1. The zero-order valence-corrected chi connectivity index (χ0v) is 9.54. The molecule has 2 atom stereocenters. The number of hydrogen-bond donors (Lipinski definition) is 2. The summed E-state index contributed by atoms with van der Waals surface area (Å²) in [6.45, 7) is 7.42. The van der Waals surface area contributed by atoms with Crippen molar-refractivity contribution in [2.45, 2.75) is 58.2 Å². The molecule has 0 aliphatic rings. The highest BCUT2D eigenvalue weighted by molar-refractivity contribution is 5.75. The molecule has 0 aromatic rings. The molecule has 0 rings (SSSR count). The van der Waals surface area contributed by atoms with Crippen LogP contribution < -0.4 is 11.5 Å². The van der Waals surface area contributed by atoms with Crippen LogP contribution in [0.5, 0.6) is 0 Å². The van der Waals surface area contributed by atoms with Gasteiger partial charge in [0.1, 0.15) is 11.6 Å². The highest BCUT2D eigenvalue weighted by atomic mass is 16.6. The minimum absolute atomic E-state index is 0.0301. The molecule has 0 amide bonds. The normalized spacial score (nSPS) is 16.1. The Labute approximate surface area is 86.0 Å². The van der Waals surface area contributed by atoms with Crippen LogP contribution in [-0.2, 0) is 9.53 Å². The van der Waals surface area contributed by atoms with E-state index in [2.05, 4.69) is 0 Å². The van der Waals surface area contributed by atoms with E-state index in [9.17, 15) is 4.79 Å². The van der Waals surface area contributed by atoms with Gasteiger partial charge < -0.3 is 16.2 Å². The molecule has 0 heterocycles. The summed E-state index contributed by atoms with van der Waals surface area (Å²) >= 11 is 0. The summed E-state index contributed by atoms with van der Waals surface area (Å²) in [4.78, 5) is 11.4. The molecule has 0 unspecified atom stereocenters. The molecular weight excluding hydrogens is 180 g/mol. The molecule has 0 aromatic carbocycles. The average Bonchev–Trinajstić information content (AvgIpc) is 2.00. The lowest BCUT2D eigenvalue weighted by molar-refractivity contribution is -0.156. The number of hydrogen-bond acceptors (Lipinski definition) is 4. The summed E-state index contributed by atoms with van der Waals surface area (Å²) in [7, 11) is 0. The Morgan fingerprint density at radius 1 is 1.36 bits per heavy atom. The lowest BCUT2D eigenvalue weighted by atomic mass is 10.1. The van der Waals surface area contributed by atoms with Gasteiger partial charge in [0.25, 0.3) is 0 Å². The first-order chi connectivity index (χ1) is 6.26. The smallest absolute Gasteiger partial charge is 0.323 e. The maximum absolute atomic E-state index is 11.4. The summed E-state index contributed by atoms with van der Waals surface area (Å²) in [5.74, 6) is -0.374. The van der Waals surface area contributed by atoms with Crippen molar-refractivity contribution in [2.75, 3.05) is 0 Å². The van der Waals surface area contributed by atoms with Crippen molar-refractivity contribution in [2.24, 2.45) is 11.5 Å². The Balaban J connectivity index is 4.00. The molecule has 0 bridgehead atoms. The maximum atomic E-state index is 11.4. The van der Waals surface area contributed by atoms with Gasteiger partial charge in [-0.2, -0.15) is 0 Å². The average molecular weight is 202 g/mol. The van der Waals surface area contributed by atoms with Crippen molar-refractivity contribution in [1.82, 2.24) is 0 Å². The molecule has 0 saturated heterocycles. The third-order valence-corrected chi connectivity index (χ3v) is 1.79. The quantitative estimate of drug-likeness (QED) is 0.660. The highest BCUT2D eigenvalue weighted by Gasteiger charge is 2.23. The summed E-state index contributed by atoms with van der Waals surface area (Å²) in [5.41, 5.74) is 10.9. The van der Waals surface area contributed by atoms with E-state index in [1.165, 1.54) is 0 Å². The third kappa shape index (κ3) is 5.94. The Morgan fingerprint density at radius 3 is 2.21 bits per heavy atom. The standard InChI is InChI=1S/C10H22N2O2/c1-5-7(11)6-8(12)9(13)14-10(2,3)4/h7-8H,5-6,11-12H2,1-4H3/t7-,8-/m0/s1. The fourth-order valence-corrected chi connectivity index (χ4v) is 0.967. The maximum Gasteiger partial charge on any atom is 0.323 e. The monoisotopic (exact) mass is 202 g/mol. The number of carbonyl (C=O) groups is 1. The van der Waals surface area contributed by atoms with E-state index in [1.807, 2.05) is 27.7 Å². The SMILES string of the molecule is CC[C@H](N)C[C@H](N)C(=O)OC(C)(C)C. The fraction of sp³-hybridized carbons (Fsp3) is 0.900. The second-order valence-electron chi connectivity index (χ2n) is 4.54. The van der Waals surface area contributed by atoms with Crippen LogP contribution in [0, 0.1) is 0 Å². The largest absolute Gasteiger partial charge is 0.459 e. The van der Waals surface area contributed by atoms with Gasteiger partial charge in [-0.1, -0.05) is 6.92 Å². The van der Waals surface area contributed by atoms with Crippen LogP contribution >= 0.6 is 0 Å². The zero-order chi connectivity index (χ0) is 11.4. The summed E-state index contributed by atoms with van der Waals surface area (Å²) < 4.78 is 5.13. The highest BCUT2D eigenvalue weighted by Crippen LogP contribution is 2.09. The Morgan fingerprint density at radius 2 is 1.86 bits per heavy atom. The van der Waals surface area contributed by atoms with Crippen molar-refractivity contribution in [3.8, 4) is 0 Å². The van der Waals surface area contributed by atoms with Crippen molar-refractivity contribution in [3.63, 3.8) is 0 Å². The second kappa shape index (κ2) is 5.32. The van der Waals surface area contributed by atoms with Crippen molar-refractivity contribution in [3.05, 3.63) is 0 Å². The Hall–Kier alpha value is -0.610. The molecule has 0 saturated carbocycles. The Bertz CT molecular complexity index is 187. The van der Waals surface area contributed by atoms with E-state index in [0.717, 1.165) is 6.42 Å². The van der Waals surface area contributed by atoms with E-state index >= 15 is 0 Å². The second-order valence-corrected chi connectivity index (χ2v) is 4.54. The van der Waals surface area contributed by atoms with Crippen LogP contribution in [0.4, 0.5) is 0 Å². The minimum atomic E-state index is -0.607. The van der Waals surface area contributed by atoms with Crippen molar-refractivity contribution < 1.29 is 9.53 Å². The van der Waals surface area contributed by atoms with Crippen molar-refractivity contribution in [1.29, 1.82) is 0 Å². The molecule has 0 spiro atoms. The predicted molar refractivity (Wildman–Crippen MR) is 56.7 cm³/mol. The number of ether oxygens (including phenoxy) is 1. The van der Waals surface area contributed by atoms with E-state index in [4.69, 9.17) is 16.2 Å². The number of nitrogens with two attached hydrogens (primary N) is 2. The van der Waals surface area contributed by atoms with Gasteiger partial charge in [0.2, 0.25) is 0 Å². The molecule has 0 aromatic heterocycles. The lowest BCUT2D eigenvalue weighted by Crippen LogP contribution is -2.41. The Kier molecular flexibility index (Phi) is 5.08. The van der Waals surface area contributed by atoms with Crippen LogP contribution in [0.3, 0.4) is 0 Å². The number of esters is 1. The third-order valence-electron chi connectivity index (χ3n) is 1.79. The first-order valence-electron chi connectivity index (χ1n) is 5.00. The van der Waals surface area contributed by atoms with Crippen LogP contribution in [0.2, 0.25) is 0 Å². The molecule has 4 nitrogen and oxygen atoms in total. The van der Waals surface area contributed by atoms with E-state index < -0.39 is 11.6 Å². The van der Waals surface area contributed by atoms with Crippen LogP contribution in [-0.4, -0.2) is 23.7 Å². The molecule has 0 fully saturated rings. The van der Waals surface area contributed by atoms with E-state index in [0.29, 0.717) is 6.42 Å². The molecule has 0 radical (unpaired) electrons. The van der Waals surface area contributed by atoms with Gasteiger partial charge in [-0.05, 0) is 33.6 Å². The molecular formula is C10H22N2O2. The first-order valence-corrected chi connectivity index (χ1v) is 5.00. The molecule has 0 aliphatic heterocycles. The van der Waals surface area contributed by atoms with Crippen LogP contribution in [0.25, 0.3) is 0 Å². The van der Waals surface area contributed by atoms with Gasteiger partial charge in [-0.3, -0.25) is 4.79 Å². The van der Waals surface area contributed by atoms with Gasteiger partial charge in [-0.25, -0.2) is 0 Å². The summed E-state index contributed by atoms with van der Waals surface area (Å²) in [6.07, 6.45) is 1.29. The molecule has 4 N–H and O–H groups in total. The zero-order valence-electron chi connectivity index (χ0n) is 9.54. The van der Waals surface area contributed by atoms with E-state index in [1.54, 1.807) is 0 Å². The molecule has 0 aliphatic carbocycles. The van der Waals surface area contributed by atoms with Crippen molar-refractivity contribution >= 4 is 5.97 Å². The molecule has 84 valence electrons. The van der Waals surface area contributed by atoms with Gasteiger partial charge >= 0.3 is 5.97 Å². The first kappa shape index (κ1) is 13.4. The summed E-state index contributed by atoms with van der Waals surface area (Å²) in [6, 6.07) is -0.637. The van der Waals surface area contributed by atoms with Crippen LogP contribution in [0.15, 0.2) is 0 Å². The number of rotatable bonds is 4. The van der Waals surface area contributed by atoms with E-state index in [-0.39, 0.29) is 12.0 Å². The van der Waals surface area contributed by atoms with Crippen LogP contribution in [0.1, 0.15) is 40.5 Å². The van der Waals surface area contributed by atoms with Gasteiger partial charge in [0, 0.05) is 6.04 Å². The fourth-order valence-electron chi connectivity index (χ4n) is 0.967. The lowest BCUT2D eigenvalue weighted by Gasteiger charge is -2.23. The van der Waals surface area contributed by atoms with Gasteiger partial charge in [0.05, 0.1) is 0 Å². The summed E-state index contributed by atoms with van der Waals surface area (Å²) in [5, 5.41) is 0. The minimum Gasteiger partial charge on any atom is -0.459 e. The van der Waals surface area contributed by atoms with Gasteiger partial charge in [-0.15, -0.1) is 0 Å². The molecule has 4 heteroatoms.